The number of hydrogen-bond acceptors (Lipinski definition) is 9. The Hall–Kier alpha value is -4.30. The highest BCUT2D eigenvalue weighted by Crippen LogP contribution is 2.36. The standard InChI is InChI=1S/C27H23F3N6O3S2/c1-3-12-40-34-22-9-8-21(28)27(25(22)29)36-15-20(17-13-31-16-32-14-17)26-23(36)10-11-24(33-26)35(2)18-4-6-19(7-5-18)39-41(30,37)38/h4-11,13-16,34H,3,12H2,1-2H3. The van der Waals surface area contributed by atoms with Gasteiger partial charge in [0, 0.05) is 48.2 Å². The normalized spacial score (nSPS) is 11.5. The predicted octanol–water partition coefficient (Wildman–Crippen LogP) is 6.59. The van der Waals surface area contributed by atoms with Crippen molar-refractivity contribution in [3.8, 4) is 22.6 Å². The van der Waals surface area contributed by atoms with Crippen LogP contribution >= 0.6 is 11.9 Å². The van der Waals surface area contributed by atoms with Crippen molar-refractivity contribution in [3.63, 3.8) is 0 Å². The van der Waals surface area contributed by atoms with Crippen LogP contribution in [-0.4, -0.2) is 40.7 Å². The van der Waals surface area contributed by atoms with Gasteiger partial charge in [-0.05, 0) is 55.0 Å². The van der Waals surface area contributed by atoms with Crippen LogP contribution < -0.4 is 13.8 Å². The molecule has 0 aliphatic carbocycles. The summed E-state index contributed by atoms with van der Waals surface area (Å²) in [6, 6.07) is 11.6. The van der Waals surface area contributed by atoms with E-state index in [1.165, 1.54) is 59.2 Å². The van der Waals surface area contributed by atoms with E-state index in [9.17, 15) is 12.3 Å². The number of aromatic nitrogens is 4. The van der Waals surface area contributed by atoms with Crippen molar-refractivity contribution in [3.05, 3.63) is 85.1 Å². The quantitative estimate of drug-likeness (QED) is 0.108. The topological polar surface area (TPSA) is 102 Å². The lowest BCUT2D eigenvalue weighted by Gasteiger charge is -2.19. The first-order valence-corrected chi connectivity index (χ1v) is 14.6. The fraction of sp³-hybridized carbons (Fsp3) is 0.148. The van der Waals surface area contributed by atoms with Crippen LogP contribution in [0.3, 0.4) is 0 Å². The van der Waals surface area contributed by atoms with Crippen LogP contribution in [-0.2, 0) is 10.5 Å². The van der Waals surface area contributed by atoms with E-state index in [1.807, 2.05) is 6.92 Å². The number of halogens is 3. The summed E-state index contributed by atoms with van der Waals surface area (Å²) in [5.74, 6) is -0.472. The van der Waals surface area contributed by atoms with Crippen LogP contribution in [0.5, 0.6) is 5.75 Å². The zero-order valence-corrected chi connectivity index (χ0v) is 23.4. The maximum atomic E-state index is 15.7. The molecule has 0 saturated heterocycles. The number of hydrogen-bond donors (Lipinski definition) is 1. The molecule has 0 fully saturated rings. The van der Waals surface area contributed by atoms with Gasteiger partial charge in [-0.2, -0.15) is 8.42 Å². The summed E-state index contributed by atoms with van der Waals surface area (Å²) in [5, 5.41) is 0. The molecule has 5 rings (SSSR count). The first-order chi connectivity index (χ1) is 19.7. The summed E-state index contributed by atoms with van der Waals surface area (Å²) in [6.07, 6.45) is 7.01. The number of benzene rings is 2. The molecule has 0 aliphatic heterocycles. The van der Waals surface area contributed by atoms with Gasteiger partial charge >= 0.3 is 10.5 Å². The Labute approximate surface area is 238 Å². The fourth-order valence-electron chi connectivity index (χ4n) is 4.16. The lowest BCUT2D eigenvalue weighted by atomic mass is 10.1. The Morgan fingerprint density at radius 2 is 1.78 bits per heavy atom. The third-order valence-corrected chi connectivity index (χ3v) is 7.43. The molecule has 0 radical (unpaired) electrons. The van der Waals surface area contributed by atoms with E-state index >= 15 is 8.78 Å². The van der Waals surface area contributed by atoms with Gasteiger partial charge in [-0.25, -0.2) is 23.7 Å². The number of rotatable bonds is 10. The average Bonchev–Trinajstić information content (AvgIpc) is 3.32. The lowest BCUT2D eigenvalue weighted by molar-refractivity contribution is 0.440. The van der Waals surface area contributed by atoms with Crippen molar-refractivity contribution in [2.24, 2.45) is 0 Å². The van der Waals surface area contributed by atoms with E-state index in [-0.39, 0.29) is 17.1 Å². The molecule has 3 heterocycles. The van der Waals surface area contributed by atoms with Crippen LogP contribution in [0.4, 0.5) is 29.9 Å². The van der Waals surface area contributed by atoms with E-state index in [2.05, 4.69) is 18.9 Å². The minimum atomic E-state index is -5.15. The minimum absolute atomic E-state index is 0.156. The average molecular weight is 601 g/mol. The number of nitrogens with one attached hydrogen (secondary N) is 1. The summed E-state index contributed by atoms with van der Waals surface area (Å²) >= 11 is 1.33. The molecule has 0 spiro atoms. The molecule has 0 bridgehead atoms. The van der Waals surface area contributed by atoms with Crippen molar-refractivity contribution < 1.29 is 25.3 Å². The first kappa shape index (κ1) is 28.2. The molecule has 3 aromatic heterocycles. The van der Waals surface area contributed by atoms with Gasteiger partial charge in [0.1, 0.15) is 29.4 Å². The Morgan fingerprint density at radius 3 is 2.46 bits per heavy atom. The molecule has 41 heavy (non-hydrogen) atoms. The third-order valence-electron chi connectivity index (χ3n) is 6.06. The second-order valence-electron chi connectivity index (χ2n) is 8.81. The summed E-state index contributed by atoms with van der Waals surface area (Å²) in [7, 11) is -3.43. The maximum Gasteiger partial charge on any atom is 0.488 e. The molecule has 0 amide bonds. The molecule has 14 heteroatoms. The van der Waals surface area contributed by atoms with Crippen LogP contribution in [0.2, 0.25) is 0 Å². The maximum absolute atomic E-state index is 15.7. The SMILES string of the molecule is CCCSNc1ccc(F)c(-n2cc(-c3cncnc3)c3nc(N(C)c4ccc(OS(=O)(=O)F)cc4)ccc32)c1F. The predicted molar refractivity (Wildman–Crippen MR) is 154 cm³/mol. The Morgan fingerprint density at radius 1 is 1.05 bits per heavy atom. The zero-order valence-electron chi connectivity index (χ0n) is 21.8. The second kappa shape index (κ2) is 11.7. The summed E-state index contributed by atoms with van der Waals surface area (Å²) in [4.78, 5) is 14.7. The summed E-state index contributed by atoms with van der Waals surface area (Å²) < 4.78 is 73.9. The Kier molecular flexibility index (Phi) is 8.03. The van der Waals surface area contributed by atoms with Gasteiger partial charge in [-0.3, -0.25) is 0 Å². The van der Waals surface area contributed by atoms with Gasteiger partial charge in [0.25, 0.3) is 0 Å². The Bertz CT molecular complexity index is 1800. The molecule has 1 N–H and O–H groups in total. The van der Waals surface area contributed by atoms with E-state index in [0.717, 1.165) is 12.2 Å². The van der Waals surface area contributed by atoms with Crippen molar-refractivity contribution in [2.75, 3.05) is 22.4 Å². The molecule has 212 valence electrons. The summed E-state index contributed by atoms with van der Waals surface area (Å²) in [5.41, 5.74) is 2.49. The lowest BCUT2D eigenvalue weighted by Crippen LogP contribution is -2.11. The fourth-order valence-corrected chi connectivity index (χ4v) is 5.12. The zero-order chi connectivity index (χ0) is 29.1. The molecule has 0 atom stereocenters. The number of anilines is 3. The number of pyridine rings is 1. The van der Waals surface area contributed by atoms with E-state index in [1.54, 1.807) is 42.7 Å². The van der Waals surface area contributed by atoms with Gasteiger partial charge in [0.15, 0.2) is 5.82 Å². The van der Waals surface area contributed by atoms with E-state index in [0.29, 0.717) is 33.7 Å². The molecular formula is C27H23F3N6O3S2. The number of fused-ring (bicyclic) bond motifs is 1. The second-order valence-corrected chi connectivity index (χ2v) is 10.7. The molecule has 9 nitrogen and oxygen atoms in total. The van der Waals surface area contributed by atoms with Crippen LogP contribution in [0.25, 0.3) is 27.8 Å². The molecule has 0 aliphatic rings. The van der Waals surface area contributed by atoms with Gasteiger partial charge < -0.3 is 18.4 Å². The van der Waals surface area contributed by atoms with Crippen molar-refractivity contribution in [2.45, 2.75) is 13.3 Å². The van der Waals surface area contributed by atoms with Crippen molar-refractivity contribution in [1.29, 1.82) is 0 Å². The van der Waals surface area contributed by atoms with E-state index < -0.39 is 22.1 Å². The first-order valence-electron chi connectivity index (χ1n) is 12.3. The highest BCUT2D eigenvalue weighted by Gasteiger charge is 2.22. The Balaban J connectivity index is 1.61. The molecule has 2 aromatic carbocycles. The highest BCUT2D eigenvalue weighted by molar-refractivity contribution is 8.00. The largest absolute Gasteiger partial charge is 0.488 e. The van der Waals surface area contributed by atoms with Crippen molar-refractivity contribution >= 4 is 50.7 Å². The molecule has 0 unspecified atom stereocenters. The number of nitrogens with zero attached hydrogens (tertiary/aromatic N) is 5. The van der Waals surface area contributed by atoms with Crippen LogP contribution in [0.15, 0.2) is 73.4 Å². The smallest absolute Gasteiger partial charge is 0.358 e. The van der Waals surface area contributed by atoms with Gasteiger partial charge in [-0.1, -0.05) is 22.8 Å². The van der Waals surface area contributed by atoms with E-state index in [4.69, 9.17) is 4.98 Å². The highest BCUT2D eigenvalue weighted by atomic mass is 32.3. The van der Waals surface area contributed by atoms with Crippen LogP contribution in [0.1, 0.15) is 13.3 Å². The van der Waals surface area contributed by atoms with Gasteiger partial charge in [-0.15, -0.1) is 0 Å². The van der Waals surface area contributed by atoms with Crippen LogP contribution in [0, 0.1) is 11.6 Å². The molecule has 0 saturated carbocycles. The molecular weight excluding hydrogens is 577 g/mol. The van der Waals surface area contributed by atoms with Gasteiger partial charge in [0.2, 0.25) is 0 Å². The minimum Gasteiger partial charge on any atom is -0.358 e. The van der Waals surface area contributed by atoms with Gasteiger partial charge in [0.05, 0.1) is 16.7 Å². The van der Waals surface area contributed by atoms with Crippen molar-refractivity contribution in [1.82, 2.24) is 19.5 Å². The third kappa shape index (κ3) is 6.07. The summed E-state index contributed by atoms with van der Waals surface area (Å²) in [6.45, 7) is 2.00. The monoisotopic (exact) mass is 600 g/mol. The molecule has 5 aromatic rings.